The summed E-state index contributed by atoms with van der Waals surface area (Å²) in [6.07, 6.45) is 2.80. The molecule has 1 aliphatic carbocycles. The highest BCUT2D eigenvalue weighted by Crippen LogP contribution is 2.52. The van der Waals surface area contributed by atoms with Crippen LogP contribution in [0.25, 0.3) is 0 Å². The Kier molecular flexibility index (Phi) is 3.92. The zero-order valence-corrected chi connectivity index (χ0v) is 12.1. The Morgan fingerprint density at radius 1 is 1.75 bits per heavy atom. The fraction of sp³-hybridized carbons (Fsp3) is 0.600. The number of carbonyl (C=O) groups excluding carboxylic acids is 1. The van der Waals surface area contributed by atoms with E-state index in [-0.39, 0.29) is 11.4 Å². The average molecular weight is 322 g/mol. The van der Waals surface area contributed by atoms with E-state index in [4.69, 9.17) is 4.74 Å². The average Bonchev–Trinajstić information content (AvgIpc) is 2.90. The molecule has 0 spiro atoms. The van der Waals surface area contributed by atoms with Gasteiger partial charge in [-0.15, -0.1) is 11.3 Å². The number of hydrogen-bond donors (Lipinski definition) is 0. The third kappa shape index (κ3) is 3.21. The van der Waals surface area contributed by atoms with Gasteiger partial charge < -0.3 is 4.74 Å². The van der Waals surface area contributed by atoms with Gasteiger partial charge in [-0.05, 0) is 34.2 Å². The molecule has 6 heteroatoms. The van der Waals surface area contributed by atoms with Crippen molar-refractivity contribution in [2.24, 2.45) is 5.41 Å². The maximum Gasteiger partial charge on any atom is 0.306 e. The molecule has 2 rings (SSSR count). The van der Waals surface area contributed by atoms with Crippen LogP contribution in [-0.2, 0) is 9.53 Å². The maximum absolute atomic E-state index is 11.2. The van der Waals surface area contributed by atoms with Crippen LogP contribution in [0.5, 0.6) is 0 Å². The predicted molar refractivity (Wildman–Crippen MR) is 68.8 cm³/mol. The molecular formula is C10H12BrNO2S2. The topological polar surface area (TPSA) is 39.2 Å². The van der Waals surface area contributed by atoms with Crippen molar-refractivity contribution in [3.63, 3.8) is 0 Å². The number of aromatic nitrogens is 1. The van der Waals surface area contributed by atoms with E-state index in [1.165, 1.54) is 7.11 Å². The highest BCUT2D eigenvalue weighted by atomic mass is 79.9. The smallest absolute Gasteiger partial charge is 0.306 e. The second-order valence-electron chi connectivity index (χ2n) is 3.98. The molecule has 88 valence electrons. The predicted octanol–water partition coefficient (Wildman–Crippen LogP) is 3.34. The second-order valence-corrected chi connectivity index (χ2v) is 6.87. The molecule has 1 heterocycles. The fourth-order valence-electron chi connectivity index (χ4n) is 1.45. The first-order chi connectivity index (χ1) is 7.63. The minimum atomic E-state index is -0.0987. The van der Waals surface area contributed by atoms with E-state index in [1.807, 2.05) is 5.38 Å². The van der Waals surface area contributed by atoms with E-state index in [2.05, 4.69) is 20.9 Å². The standard InChI is InChI=1S/C10H12BrNO2S2/c1-14-8(13)4-10(2-3-10)6-16-9-12-7(11)5-15-9/h5H,2-4,6H2,1H3. The van der Waals surface area contributed by atoms with Crippen molar-refractivity contribution in [3.8, 4) is 0 Å². The number of halogens is 1. The lowest BCUT2D eigenvalue weighted by molar-refractivity contribution is -0.141. The van der Waals surface area contributed by atoms with Gasteiger partial charge in [-0.2, -0.15) is 0 Å². The van der Waals surface area contributed by atoms with Gasteiger partial charge in [0.2, 0.25) is 0 Å². The van der Waals surface area contributed by atoms with Crippen molar-refractivity contribution < 1.29 is 9.53 Å². The minimum absolute atomic E-state index is 0.0987. The molecule has 3 nitrogen and oxygen atoms in total. The Morgan fingerprint density at radius 2 is 2.50 bits per heavy atom. The number of esters is 1. The minimum Gasteiger partial charge on any atom is -0.469 e. The zero-order chi connectivity index (χ0) is 11.6. The van der Waals surface area contributed by atoms with Gasteiger partial charge in [-0.1, -0.05) is 11.8 Å². The summed E-state index contributed by atoms with van der Waals surface area (Å²) in [5.74, 6) is 0.862. The molecule has 16 heavy (non-hydrogen) atoms. The zero-order valence-electron chi connectivity index (χ0n) is 8.86. The van der Waals surface area contributed by atoms with E-state index < -0.39 is 0 Å². The Hall–Kier alpha value is -0.0700. The largest absolute Gasteiger partial charge is 0.469 e. The lowest BCUT2D eigenvalue weighted by atomic mass is 10.1. The number of rotatable bonds is 5. The van der Waals surface area contributed by atoms with Crippen LogP contribution in [0.15, 0.2) is 14.3 Å². The van der Waals surface area contributed by atoms with Crippen LogP contribution in [-0.4, -0.2) is 23.8 Å². The fourth-order valence-corrected chi connectivity index (χ4v) is 4.12. The van der Waals surface area contributed by atoms with Gasteiger partial charge in [-0.25, -0.2) is 4.98 Å². The van der Waals surface area contributed by atoms with Gasteiger partial charge in [0, 0.05) is 11.1 Å². The molecule has 0 aromatic carbocycles. The van der Waals surface area contributed by atoms with Crippen molar-refractivity contribution in [1.29, 1.82) is 0 Å². The highest BCUT2D eigenvalue weighted by molar-refractivity contribution is 9.10. The first-order valence-electron chi connectivity index (χ1n) is 4.94. The summed E-state index contributed by atoms with van der Waals surface area (Å²) in [5.41, 5.74) is 0.176. The number of hydrogen-bond acceptors (Lipinski definition) is 5. The molecule has 1 saturated carbocycles. The number of nitrogens with zero attached hydrogens (tertiary/aromatic N) is 1. The van der Waals surface area contributed by atoms with Crippen LogP contribution < -0.4 is 0 Å². The maximum atomic E-state index is 11.2. The normalized spacial score (nSPS) is 17.1. The molecule has 0 aliphatic heterocycles. The van der Waals surface area contributed by atoms with Crippen LogP contribution in [0.1, 0.15) is 19.3 Å². The summed E-state index contributed by atoms with van der Waals surface area (Å²) in [4.78, 5) is 15.6. The quantitative estimate of drug-likeness (QED) is 0.616. The van der Waals surface area contributed by atoms with Crippen molar-refractivity contribution in [2.75, 3.05) is 12.9 Å². The van der Waals surface area contributed by atoms with Crippen LogP contribution in [0.2, 0.25) is 0 Å². The van der Waals surface area contributed by atoms with Gasteiger partial charge in [0.05, 0.1) is 13.5 Å². The van der Waals surface area contributed by atoms with E-state index >= 15 is 0 Å². The highest BCUT2D eigenvalue weighted by Gasteiger charge is 2.44. The Morgan fingerprint density at radius 3 is 3.00 bits per heavy atom. The summed E-state index contributed by atoms with van der Waals surface area (Å²) in [6.45, 7) is 0. The number of carbonyl (C=O) groups is 1. The lowest BCUT2D eigenvalue weighted by Gasteiger charge is -2.11. The summed E-state index contributed by atoms with van der Waals surface area (Å²) in [5, 5.41) is 1.97. The molecule has 0 radical (unpaired) electrons. The summed E-state index contributed by atoms with van der Waals surface area (Å²) < 4.78 is 6.66. The monoisotopic (exact) mass is 321 g/mol. The third-order valence-corrected chi connectivity index (χ3v) is 5.74. The van der Waals surface area contributed by atoms with Gasteiger partial charge in [0.1, 0.15) is 4.60 Å². The Bertz CT molecular complexity index is 390. The first-order valence-corrected chi connectivity index (χ1v) is 7.60. The molecule has 0 unspecified atom stereocenters. The van der Waals surface area contributed by atoms with E-state index in [0.717, 1.165) is 27.5 Å². The lowest BCUT2D eigenvalue weighted by Crippen LogP contribution is -2.12. The van der Waals surface area contributed by atoms with Crippen LogP contribution in [0.3, 0.4) is 0 Å². The summed E-state index contributed by atoms with van der Waals surface area (Å²) in [7, 11) is 1.45. The number of methoxy groups -OCH3 is 1. The van der Waals surface area contributed by atoms with Crippen molar-refractivity contribution in [3.05, 3.63) is 9.98 Å². The number of ether oxygens (including phenoxy) is 1. The number of thiazole rings is 1. The van der Waals surface area contributed by atoms with Crippen molar-refractivity contribution >= 4 is 45.0 Å². The Labute approximate surface area is 111 Å². The number of thioether (sulfide) groups is 1. The molecule has 0 saturated heterocycles. The van der Waals surface area contributed by atoms with E-state index in [1.54, 1.807) is 23.1 Å². The summed E-state index contributed by atoms with van der Waals surface area (Å²) in [6, 6.07) is 0. The van der Waals surface area contributed by atoms with E-state index in [9.17, 15) is 4.79 Å². The molecule has 1 aliphatic rings. The molecule has 0 amide bonds. The van der Waals surface area contributed by atoms with Gasteiger partial charge in [0.25, 0.3) is 0 Å². The SMILES string of the molecule is COC(=O)CC1(CSc2nc(Br)cs2)CC1. The van der Waals surface area contributed by atoms with Crippen molar-refractivity contribution in [1.82, 2.24) is 4.98 Å². The van der Waals surface area contributed by atoms with Gasteiger partial charge in [0.15, 0.2) is 4.34 Å². The second kappa shape index (κ2) is 5.06. The summed E-state index contributed by atoms with van der Waals surface area (Å²) >= 11 is 6.70. The van der Waals surface area contributed by atoms with Gasteiger partial charge >= 0.3 is 5.97 Å². The molecular weight excluding hydrogens is 310 g/mol. The van der Waals surface area contributed by atoms with Gasteiger partial charge in [-0.3, -0.25) is 4.79 Å². The molecule has 0 atom stereocenters. The van der Waals surface area contributed by atoms with Crippen molar-refractivity contribution in [2.45, 2.75) is 23.6 Å². The van der Waals surface area contributed by atoms with Crippen LogP contribution in [0.4, 0.5) is 0 Å². The molecule has 0 N–H and O–H groups in total. The third-order valence-electron chi connectivity index (χ3n) is 2.66. The first kappa shape index (κ1) is 12.4. The van der Waals surface area contributed by atoms with Crippen LogP contribution in [0, 0.1) is 5.41 Å². The molecule has 1 fully saturated rings. The molecule has 0 bridgehead atoms. The van der Waals surface area contributed by atoms with Crippen LogP contribution >= 0.6 is 39.0 Å². The van der Waals surface area contributed by atoms with E-state index in [0.29, 0.717) is 6.42 Å². The Balaban J connectivity index is 1.83. The molecule has 1 aromatic heterocycles. The molecule has 1 aromatic rings.